The zero-order chi connectivity index (χ0) is 18.6. The van der Waals surface area contributed by atoms with Gasteiger partial charge in [0.05, 0.1) is 25.5 Å². The summed E-state index contributed by atoms with van der Waals surface area (Å²) in [5.74, 6) is 1.21. The van der Waals surface area contributed by atoms with Crippen LogP contribution in [0.15, 0.2) is 34.8 Å². The molecule has 0 aliphatic carbocycles. The van der Waals surface area contributed by atoms with Gasteiger partial charge in [-0.05, 0) is 45.8 Å². The van der Waals surface area contributed by atoms with Crippen LogP contribution in [0.1, 0.15) is 15.9 Å². The van der Waals surface area contributed by atoms with E-state index in [2.05, 4.69) is 21.2 Å². The topological polar surface area (TPSA) is 50.8 Å². The lowest BCUT2D eigenvalue weighted by Crippen LogP contribution is -2.27. The Morgan fingerprint density at radius 2 is 1.76 bits per heavy atom. The maximum atomic E-state index is 12.9. The first-order valence-electron chi connectivity index (χ1n) is 7.53. The van der Waals surface area contributed by atoms with Crippen LogP contribution >= 0.6 is 27.5 Å². The summed E-state index contributed by atoms with van der Waals surface area (Å²) in [7, 11) is 6.69. The summed E-state index contributed by atoms with van der Waals surface area (Å²) in [6, 6.07) is 8.94. The summed E-state index contributed by atoms with van der Waals surface area (Å²) < 4.78 is 11.3. The Labute approximate surface area is 161 Å². The minimum atomic E-state index is -0.144. The Morgan fingerprint density at radius 1 is 1.16 bits per heavy atom. The van der Waals surface area contributed by atoms with Crippen molar-refractivity contribution in [1.29, 1.82) is 0 Å². The van der Waals surface area contributed by atoms with Crippen molar-refractivity contribution in [1.82, 2.24) is 4.90 Å². The van der Waals surface area contributed by atoms with Crippen molar-refractivity contribution in [3.05, 3.63) is 51.0 Å². The van der Waals surface area contributed by atoms with Crippen molar-refractivity contribution in [3.8, 4) is 11.5 Å². The second kappa shape index (κ2) is 8.45. The third-order valence-electron chi connectivity index (χ3n) is 3.71. The highest BCUT2D eigenvalue weighted by Crippen LogP contribution is 2.31. The second-order valence-electron chi connectivity index (χ2n) is 5.44. The fraction of sp³-hybridized carbons (Fsp3) is 0.278. The minimum absolute atomic E-state index is 0.144. The van der Waals surface area contributed by atoms with Crippen LogP contribution < -0.4 is 14.8 Å². The lowest BCUT2D eigenvalue weighted by Gasteiger charge is -2.20. The molecular weight excluding hydrogens is 408 g/mol. The monoisotopic (exact) mass is 426 g/mol. The largest absolute Gasteiger partial charge is 0.497 e. The summed E-state index contributed by atoms with van der Waals surface area (Å²) >= 11 is 9.53. The highest BCUT2D eigenvalue weighted by Gasteiger charge is 2.19. The van der Waals surface area contributed by atoms with Crippen LogP contribution in [-0.4, -0.2) is 39.1 Å². The number of carbonyl (C=O) groups is 1. The number of methoxy groups -OCH3 is 2. The maximum absolute atomic E-state index is 12.9. The highest BCUT2D eigenvalue weighted by molar-refractivity contribution is 9.10. The molecule has 7 heteroatoms. The van der Waals surface area contributed by atoms with Crippen molar-refractivity contribution in [2.45, 2.75) is 6.54 Å². The molecule has 2 aromatic rings. The number of benzene rings is 2. The summed E-state index contributed by atoms with van der Waals surface area (Å²) in [5, 5.41) is 3.53. The van der Waals surface area contributed by atoms with Crippen LogP contribution in [0.3, 0.4) is 0 Å². The molecule has 0 aliphatic heterocycles. The average Bonchev–Trinajstić information content (AvgIpc) is 2.59. The summed E-state index contributed by atoms with van der Waals surface area (Å²) in [5.41, 5.74) is 2.10. The molecule has 0 spiro atoms. The molecule has 134 valence electrons. The number of carbonyl (C=O) groups excluding carboxylic acids is 1. The van der Waals surface area contributed by atoms with E-state index in [1.165, 1.54) is 0 Å². The third kappa shape index (κ3) is 4.58. The summed E-state index contributed by atoms with van der Waals surface area (Å²) in [4.78, 5) is 14.5. The molecular formula is C18H20BrClN2O3. The molecule has 0 atom stereocenters. The predicted molar refractivity (Wildman–Crippen MR) is 104 cm³/mol. The number of nitrogens with zero attached hydrogens (tertiary/aromatic N) is 1. The normalized spacial score (nSPS) is 10.3. The van der Waals surface area contributed by atoms with Gasteiger partial charge in [-0.1, -0.05) is 11.6 Å². The van der Waals surface area contributed by atoms with Crippen LogP contribution in [0.5, 0.6) is 11.5 Å². The molecule has 0 bridgehead atoms. The highest BCUT2D eigenvalue weighted by atomic mass is 79.9. The Morgan fingerprint density at radius 3 is 2.28 bits per heavy atom. The quantitative estimate of drug-likeness (QED) is 0.741. The number of anilines is 1. The van der Waals surface area contributed by atoms with E-state index in [-0.39, 0.29) is 5.91 Å². The van der Waals surface area contributed by atoms with Gasteiger partial charge in [-0.2, -0.15) is 0 Å². The van der Waals surface area contributed by atoms with Gasteiger partial charge in [-0.3, -0.25) is 4.79 Å². The van der Waals surface area contributed by atoms with Gasteiger partial charge >= 0.3 is 0 Å². The smallest absolute Gasteiger partial charge is 0.256 e. The van der Waals surface area contributed by atoms with Crippen LogP contribution in [0.2, 0.25) is 5.02 Å². The van der Waals surface area contributed by atoms with E-state index in [4.69, 9.17) is 21.1 Å². The minimum Gasteiger partial charge on any atom is -0.497 e. The zero-order valence-corrected chi connectivity index (χ0v) is 16.9. The van der Waals surface area contributed by atoms with Gasteiger partial charge in [0, 0.05) is 36.2 Å². The molecule has 0 heterocycles. The molecule has 0 saturated carbocycles. The first-order chi connectivity index (χ1) is 11.9. The number of hydrogen-bond acceptors (Lipinski definition) is 4. The fourth-order valence-corrected chi connectivity index (χ4v) is 3.51. The Bertz CT molecular complexity index is 761. The molecule has 1 N–H and O–H groups in total. The van der Waals surface area contributed by atoms with E-state index in [9.17, 15) is 4.79 Å². The van der Waals surface area contributed by atoms with Gasteiger partial charge < -0.3 is 19.7 Å². The molecule has 0 fully saturated rings. The summed E-state index contributed by atoms with van der Waals surface area (Å²) in [6.45, 7) is 0.402. The van der Waals surface area contributed by atoms with E-state index in [0.29, 0.717) is 34.3 Å². The number of hydrogen-bond donors (Lipinski definition) is 1. The van der Waals surface area contributed by atoms with Gasteiger partial charge in [0.2, 0.25) is 0 Å². The van der Waals surface area contributed by atoms with Gasteiger partial charge in [0.25, 0.3) is 5.91 Å². The maximum Gasteiger partial charge on any atom is 0.256 e. The molecule has 25 heavy (non-hydrogen) atoms. The Kier molecular flexibility index (Phi) is 6.56. The van der Waals surface area contributed by atoms with Gasteiger partial charge in [0.15, 0.2) is 0 Å². The molecule has 1 amide bonds. The Balaban J connectivity index is 2.30. The molecule has 5 nitrogen and oxygen atoms in total. The van der Waals surface area contributed by atoms with E-state index >= 15 is 0 Å². The number of nitrogens with one attached hydrogen (secondary N) is 1. The zero-order valence-electron chi connectivity index (χ0n) is 14.5. The lowest BCUT2D eigenvalue weighted by atomic mass is 10.1. The molecule has 2 aromatic carbocycles. The van der Waals surface area contributed by atoms with Gasteiger partial charge in [-0.25, -0.2) is 0 Å². The molecule has 0 aliphatic rings. The SMILES string of the molecule is CNc1c(Br)cc(Cl)cc1C(=O)N(C)Cc1cc(OC)cc(OC)c1. The third-order valence-corrected chi connectivity index (χ3v) is 4.56. The van der Waals surface area contributed by atoms with Crippen molar-refractivity contribution in [3.63, 3.8) is 0 Å². The van der Waals surface area contributed by atoms with E-state index in [0.717, 1.165) is 10.0 Å². The van der Waals surface area contributed by atoms with Crippen molar-refractivity contribution in [2.24, 2.45) is 0 Å². The predicted octanol–water partition coefficient (Wildman–Crippen LogP) is 4.43. The van der Waals surface area contributed by atoms with Crippen LogP contribution in [0.25, 0.3) is 0 Å². The first-order valence-corrected chi connectivity index (χ1v) is 8.71. The number of ether oxygens (including phenoxy) is 2. The molecule has 0 unspecified atom stereocenters. The fourth-order valence-electron chi connectivity index (χ4n) is 2.51. The molecule has 0 radical (unpaired) electrons. The molecule has 2 rings (SSSR count). The lowest BCUT2D eigenvalue weighted by molar-refractivity contribution is 0.0785. The Hall–Kier alpha value is -1.92. The molecule has 0 saturated heterocycles. The van der Waals surface area contributed by atoms with E-state index in [1.54, 1.807) is 51.4 Å². The van der Waals surface area contributed by atoms with E-state index < -0.39 is 0 Å². The van der Waals surface area contributed by atoms with Crippen LogP contribution in [-0.2, 0) is 6.54 Å². The first kappa shape index (κ1) is 19.4. The number of halogens is 2. The molecule has 0 aromatic heterocycles. The number of rotatable bonds is 6. The number of amides is 1. The average molecular weight is 428 g/mol. The van der Waals surface area contributed by atoms with Crippen molar-refractivity contribution >= 4 is 39.1 Å². The van der Waals surface area contributed by atoms with Crippen molar-refractivity contribution < 1.29 is 14.3 Å². The van der Waals surface area contributed by atoms with E-state index in [1.807, 2.05) is 12.1 Å². The standard InChI is InChI=1S/C18H20BrClN2O3/c1-21-17-15(7-12(20)8-16(17)19)18(23)22(2)10-11-5-13(24-3)9-14(6-11)25-4/h5-9,21H,10H2,1-4H3. The second-order valence-corrected chi connectivity index (χ2v) is 6.73. The van der Waals surface area contributed by atoms with Gasteiger partial charge in [0.1, 0.15) is 11.5 Å². The summed E-state index contributed by atoms with van der Waals surface area (Å²) in [6.07, 6.45) is 0. The van der Waals surface area contributed by atoms with Gasteiger partial charge in [-0.15, -0.1) is 0 Å². The van der Waals surface area contributed by atoms with Crippen LogP contribution in [0.4, 0.5) is 5.69 Å². The van der Waals surface area contributed by atoms with Crippen molar-refractivity contribution in [2.75, 3.05) is 33.6 Å². The van der Waals surface area contributed by atoms with Crippen LogP contribution in [0, 0.1) is 0 Å².